The van der Waals surface area contributed by atoms with Crippen molar-refractivity contribution in [2.45, 2.75) is 18.9 Å². The first-order valence-electron chi connectivity index (χ1n) is 6.95. The number of fused-ring (bicyclic) bond motifs is 1. The zero-order valence-corrected chi connectivity index (χ0v) is 13.6. The van der Waals surface area contributed by atoms with Crippen molar-refractivity contribution < 1.29 is 4.92 Å². The Balaban J connectivity index is 1.90. The second kappa shape index (κ2) is 6.02. The Hall–Kier alpha value is -1.99. The number of halogens is 1. The lowest BCUT2D eigenvalue weighted by atomic mass is 10.1. The van der Waals surface area contributed by atoms with Crippen molar-refractivity contribution in [3.63, 3.8) is 0 Å². The van der Waals surface area contributed by atoms with Crippen LogP contribution < -0.4 is 10.6 Å². The molecule has 3 rings (SSSR count). The molecule has 7 heteroatoms. The molecular formula is C15H15BrN4O2. The SMILES string of the molecule is CNC1CCc2cc(Nc3ncc(Br)cc3[N+](=O)[O-])ccc21. The fourth-order valence-corrected chi connectivity index (χ4v) is 3.12. The maximum Gasteiger partial charge on any atom is 0.312 e. The first-order valence-corrected chi connectivity index (χ1v) is 7.75. The lowest BCUT2D eigenvalue weighted by Gasteiger charge is -2.11. The zero-order valence-electron chi connectivity index (χ0n) is 12.0. The van der Waals surface area contributed by atoms with Gasteiger partial charge in [0.15, 0.2) is 0 Å². The van der Waals surface area contributed by atoms with Gasteiger partial charge in [-0.1, -0.05) is 6.07 Å². The van der Waals surface area contributed by atoms with Gasteiger partial charge in [0.05, 0.1) is 4.92 Å². The Kier molecular flexibility index (Phi) is 4.08. The third-order valence-electron chi connectivity index (χ3n) is 3.86. The molecule has 0 radical (unpaired) electrons. The van der Waals surface area contributed by atoms with Gasteiger partial charge in [0.25, 0.3) is 0 Å². The minimum atomic E-state index is -0.440. The summed E-state index contributed by atoms with van der Waals surface area (Å²) in [7, 11) is 1.96. The van der Waals surface area contributed by atoms with Crippen LogP contribution in [0, 0.1) is 10.1 Å². The smallest absolute Gasteiger partial charge is 0.312 e. The van der Waals surface area contributed by atoms with Gasteiger partial charge in [-0.2, -0.15) is 0 Å². The number of aromatic nitrogens is 1. The fraction of sp³-hybridized carbons (Fsp3) is 0.267. The summed E-state index contributed by atoms with van der Waals surface area (Å²) in [6, 6.07) is 7.88. The number of nitrogens with one attached hydrogen (secondary N) is 2. The largest absolute Gasteiger partial charge is 0.334 e. The number of anilines is 2. The maximum atomic E-state index is 11.1. The van der Waals surface area contributed by atoms with E-state index < -0.39 is 4.92 Å². The van der Waals surface area contributed by atoms with E-state index in [4.69, 9.17) is 0 Å². The van der Waals surface area contributed by atoms with E-state index in [1.807, 2.05) is 19.2 Å². The van der Waals surface area contributed by atoms with E-state index in [2.05, 4.69) is 37.6 Å². The van der Waals surface area contributed by atoms with E-state index in [0.29, 0.717) is 10.5 Å². The molecule has 1 aromatic carbocycles. The minimum Gasteiger partial charge on any atom is -0.334 e. The molecular weight excluding hydrogens is 348 g/mol. The summed E-state index contributed by atoms with van der Waals surface area (Å²) in [4.78, 5) is 14.8. The summed E-state index contributed by atoms with van der Waals surface area (Å²) < 4.78 is 0.579. The van der Waals surface area contributed by atoms with Gasteiger partial charge in [-0.3, -0.25) is 10.1 Å². The average Bonchev–Trinajstić information content (AvgIpc) is 2.91. The molecule has 0 fully saturated rings. The van der Waals surface area contributed by atoms with Gasteiger partial charge in [-0.05, 0) is 59.1 Å². The van der Waals surface area contributed by atoms with Gasteiger partial charge in [-0.25, -0.2) is 4.98 Å². The number of aryl methyl sites for hydroxylation is 1. The van der Waals surface area contributed by atoms with Gasteiger partial charge >= 0.3 is 5.69 Å². The predicted octanol–water partition coefficient (Wildman–Crippen LogP) is 3.70. The number of nitrogens with zero attached hydrogens (tertiary/aromatic N) is 2. The highest BCUT2D eigenvalue weighted by Crippen LogP contribution is 2.34. The average molecular weight is 363 g/mol. The first-order chi connectivity index (χ1) is 10.6. The molecule has 114 valence electrons. The number of benzene rings is 1. The third-order valence-corrected chi connectivity index (χ3v) is 4.30. The predicted molar refractivity (Wildman–Crippen MR) is 88.4 cm³/mol. The molecule has 1 aliphatic carbocycles. The van der Waals surface area contributed by atoms with Crippen LogP contribution in [0.5, 0.6) is 0 Å². The van der Waals surface area contributed by atoms with E-state index in [9.17, 15) is 10.1 Å². The second-order valence-corrected chi connectivity index (χ2v) is 6.11. The lowest BCUT2D eigenvalue weighted by Crippen LogP contribution is -2.12. The van der Waals surface area contributed by atoms with Crippen LogP contribution >= 0.6 is 15.9 Å². The topological polar surface area (TPSA) is 80.1 Å². The van der Waals surface area contributed by atoms with Crippen molar-refractivity contribution in [1.82, 2.24) is 10.3 Å². The van der Waals surface area contributed by atoms with Gasteiger partial charge in [0.1, 0.15) is 0 Å². The summed E-state index contributed by atoms with van der Waals surface area (Å²) >= 11 is 3.20. The molecule has 0 saturated carbocycles. The summed E-state index contributed by atoms with van der Waals surface area (Å²) in [6.07, 6.45) is 3.62. The Morgan fingerprint density at radius 2 is 2.23 bits per heavy atom. The highest BCUT2D eigenvalue weighted by molar-refractivity contribution is 9.10. The van der Waals surface area contributed by atoms with Crippen molar-refractivity contribution in [2.24, 2.45) is 0 Å². The first kappa shape index (κ1) is 14.9. The molecule has 0 saturated heterocycles. The fourth-order valence-electron chi connectivity index (χ4n) is 2.80. The van der Waals surface area contributed by atoms with Gasteiger partial charge in [0.2, 0.25) is 5.82 Å². The summed E-state index contributed by atoms with van der Waals surface area (Å²) in [6.45, 7) is 0. The van der Waals surface area contributed by atoms with Gasteiger partial charge < -0.3 is 10.6 Å². The second-order valence-electron chi connectivity index (χ2n) is 5.20. The number of hydrogen-bond acceptors (Lipinski definition) is 5. The molecule has 0 aliphatic heterocycles. The van der Waals surface area contributed by atoms with E-state index in [-0.39, 0.29) is 11.5 Å². The summed E-state index contributed by atoms with van der Waals surface area (Å²) in [5.41, 5.74) is 3.33. The van der Waals surface area contributed by atoms with Crippen LogP contribution in [-0.4, -0.2) is 17.0 Å². The molecule has 2 N–H and O–H groups in total. The van der Waals surface area contributed by atoms with Gasteiger partial charge in [0, 0.05) is 28.5 Å². The lowest BCUT2D eigenvalue weighted by molar-refractivity contribution is -0.384. The highest BCUT2D eigenvalue weighted by atomic mass is 79.9. The Labute approximate surface area is 136 Å². The molecule has 1 heterocycles. The van der Waals surface area contributed by atoms with Crippen molar-refractivity contribution in [1.29, 1.82) is 0 Å². The van der Waals surface area contributed by atoms with Crippen molar-refractivity contribution in [2.75, 3.05) is 12.4 Å². The quantitative estimate of drug-likeness (QED) is 0.640. The van der Waals surface area contributed by atoms with Crippen molar-refractivity contribution in [3.8, 4) is 0 Å². The molecule has 1 unspecified atom stereocenters. The number of pyridine rings is 1. The van der Waals surface area contributed by atoms with Crippen LogP contribution in [0.2, 0.25) is 0 Å². The van der Waals surface area contributed by atoms with Crippen LogP contribution in [0.3, 0.4) is 0 Å². The third kappa shape index (κ3) is 2.82. The normalized spacial score (nSPS) is 16.4. The highest BCUT2D eigenvalue weighted by Gasteiger charge is 2.22. The Morgan fingerprint density at radius 1 is 1.41 bits per heavy atom. The number of hydrogen-bond donors (Lipinski definition) is 2. The number of rotatable bonds is 4. The van der Waals surface area contributed by atoms with E-state index in [1.54, 1.807) is 6.20 Å². The monoisotopic (exact) mass is 362 g/mol. The summed E-state index contributed by atoms with van der Waals surface area (Å²) in [5, 5.41) is 17.5. The molecule has 22 heavy (non-hydrogen) atoms. The minimum absolute atomic E-state index is 0.0528. The molecule has 0 bridgehead atoms. The van der Waals surface area contributed by atoms with Crippen LogP contribution in [0.1, 0.15) is 23.6 Å². The molecule has 0 spiro atoms. The molecule has 2 aromatic rings. The van der Waals surface area contributed by atoms with Crippen LogP contribution in [0.4, 0.5) is 17.2 Å². The number of nitro groups is 1. The van der Waals surface area contributed by atoms with Crippen molar-refractivity contribution in [3.05, 3.63) is 56.2 Å². The van der Waals surface area contributed by atoms with E-state index >= 15 is 0 Å². The van der Waals surface area contributed by atoms with Crippen molar-refractivity contribution >= 4 is 33.1 Å². The molecule has 1 aromatic heterocycles. The standard InChI is InChI=1S/C15H15BrN4O2/c1-17-13-5-2-9-6-11(3-4-12(9)13)19-15-14(20(21)22)7-10(16)8-18-15/h3-4,6-8,13,17H,2,5H2,1H3,(H,18,19). The molecule has 1 aliphatic rings. The Morgan fingerprint density at radius 3 is 2.95 bits per heavy atom. The molecule has 0 amide bonds. The molecule has 1 atom stereocenters. The summed E-state index contributed by atoms with van der Waals surface area (Å²) in [5.74, 6) is 0.247. The van der Waals surface area contributed by atoms with Crippen LogP contribution in [-0.2, 0) is 6.42 Å². The van der Waals surface area contributed by atoms with Gasteiger partial charge in [-0.15, -0.1) is 0 Å². The molecule has 6 nitrogen and oxygen atoms in total. The van der Waals surface area contributed by atoms with E-state index in [0.717, 1.165) is 18.5 Å². The Bertz CT molecular complexity index is 735. The van der Waals surface area contributed by atoms with Crippen LogP contribution in [0.25, 0.3) is 0 Å². The maximum absolute atomic E-state index is 11.1. The zero-order chi connectivity index (χ0) is 15.7. The van der Waals surface area contributed by atoms with Crippen LogP contribution in [0.15, 0.2) is 34.9 Å². The van der Waals surface area contributed by atoms with E-state index in [1.165, 1.54) is 17.2 Å².